The summed E-state index contributed by atoms with van der Waals surface area (Å²) >= 11 is 0. The van der Waals surface area contributed by atoms with Gasteiger partial charge in [0.1, 0.15) is 0 Å². The molecule has 0 unspecified atom stereocenters. The van der Waals surface area contributed by atoms with E-state index in [1.165, 1.54) is 11.8 Å². The molecule has 4 nitrogen and oxygen atoms in total. The number of sulfonamides is 1. The standard InChI is InChI=1S/C23H28N2O2S/c1-19-18-25(15-8-11-20-9-5-4-6-10-20)16-14-23(19,2)21-12-7-13-22(17-21)24-28(3,26)27/h4-7,9-10,12-13,17,19,24H,14-16,18H2,1-3H3/t19-,23-/m0/s1. The lowest BCUT2D eigenvalue weighted by molar-refractivity contribution is 0.123. The van der Waals surface area contributed by atoms with E-state index in [1.54, 1.807) is 6.07 Å². The summed E-state index contributed by atoms with van der Waals surface area (Å²) in [7, 11) is -3.27. The smallest absolute Gasteiger partial charge is 0.229 e. The van der Waals surface area contributed by atoms with E-state index in [2.05, 4.69) is 41.4 Å². The molecule has 1 fully saturated rings. The maximum atomic E-state index is 11.5. The highest BCUT2D eigenvalue weighted by atomic mass is 32.2. The van der Waals surface area contributed by atoms with Crippen molar-refractivity contribution in [3.63, 3.8) is 0 Å². The molecule has 0 bridgehead atoms. The predicted molar refractivity (Wildman–Crippen MR) is 116 cm³/mol. The van der Waals surface area contributed by atoms with Crippen molar-refractivity contribution in [2.45, 2.75) is 25.7 Å². The van der Waals surface area contributed by atoms with Gasteiger partial charge >= 0.3 is 0 Å². The van der Waals surface area contributed by atoms with Crippen molar-refractivity contribution in [1.29, 1.82) is 0 Å². The molecule has 1 aliphatic heterocycles. The Morgan fingerprint density at radius 2 is 1.93 bits per heavy atom. The van der Waals surface area contributed by atoms with Gasteiger partial charge in [-0.3, -0.25) is 9.62 Å². The Morgan fingerprint density at radius 3 is 2.61 bits per heavy atom. The molecule has 3 rings (SSSR count). The van der Waals surface area contributed by atoms with Crippen LogP contribution in [0, 0.1) is 17.8 Å². The molecule has 0 aliphatic carbocycles. The van der Waals surface area contributed by atoms with Crippen molar-refractivity contribution >= 4 is 15.7 Å². The van der Waals surface area contributed by atoms with Crippen LogP contribution in [0.5, 0.6) is 0 Å². The summed E-state index contributed by atoms with van der Waals surface area (Å²) in [5.41, 5.74) is 2.87. The number of hydrogen-bond acceptors (Lipinski definition) is 3. The second kappa shape index (κ2) is 8.38. The zero-order valence-electron chi connectivity index (χ0n) is 16.8. The van der Waals surface area contributed by atoms with Crippen molar-refractivity contribution in [2.24, 2.45) is 5.92 Å². The monoisotopic (exact) mass is 396 g/mol. The van der Waals surface area contributed by atoms with Gasteiger partial charge in [0.25, 0.3) is 0 Å². The highest BCUT2D eigenvalue weighted by Gasteiger charge is 2.37. The van der Waals surface area contributed by atoms with E-state index in [0.29, 0.717) is 11.6 Å². The second-order valence-corrected chi connectivity index (χ2v) is 9.67. The van der Waals surface area contributed by atoms with Crippen LogP contribution in [0.3, 0.4) is 0 Å². The first-order valence-electron chi connectivity index (χ1n) is 9.61. The maximum absolute atomic E-state index is 11.5. The molecule has 0 radical (unpaired) electrons. The topological polar surface area (TPSA) is 49.4 Å². The van der Waals surface area contributed by atoms with Crippen molar-refractivity contribution in [2.75, 3.05) is 30.6 Å². The molecule has 5 heteroatoms. The summed E-state index contributed by atoms with van der Waals surface area (Å²) in [6, 6.07) is 17.9. The second-order valence-electron chi connectivity index (χ2n) is 7.93. The summed E-state index contributed by atoms with van der Waals surface area (Å²) in [4.78, 5) is 2.40. The van der Waals surface area contributed by atoms with Gasteiger partial charge in [0.15, 0.2) is 0 Å². The van der Waals surface area contributed by atoms with Crippen LogP contribution in [0.25, 0.3) is 0 Å². The number of anilines is 1. The van der Waals surface area contributed by atoms with Crippen LogP contribution in [0.15, 0.2) is 54.6 Å². The molecule has 2 aromatic rings. The van der Waals surface area contributed by atoms with Gasteiger partial charge in [0, 0.05) is 17.8 Å². The first kappa shape index (κ1) is 20.4. The number of nitrogens with one attached hydrogen (secondary N) is 1. The van der Waals surface area contributed by atoms with Gasteiger partial charge in [-0.2, -0.15) is 0 Å². The van der Waals surface area contributed by atoms with Gasteiger partial charge in [-0.1, -0.05) is 56.0 Å². The molecule has 2 atom stereocenters. The molecule has 148 valence electrons. The van der Waals surface area contributed by atoms with Crippen LogP contribution < -0.4 is 4.72 Å². The van der Waals surface area contributed by atoms with Gasteiger partial charge < -0.3 is 0 Å². The molecular formula is C23H28N2O2S. The van der Waals surface area contributed by atoms with E-state index in [-0.39, 0.29) is 5.41 Å². The van der Waals surface area contributed by atoms with Gasteiger partial charge in [-0.15, -0.1) is 0 Å². The van der Waals surface area contributed by atoms with Gasteiger partial charge in [-0.05, 0) is 54.1 Å². The molecule has 2 aromatic carbocycles. The average molecular weight is 397 g/mol. The largest absolute Gasteiger partial charge is 0.292 e. The van der Waals surface area contributed by atoms with E-state index < -0.39 is 10.0 Å². The number of piperidine rings is 1. The van der Waals surface area contributed by atoms with Crippen LogP contribution in [-0.2, 0) is 15.4 Å². The highest BCUT2D eigenvalue weighted by molar-refractivity contribution is 7.92. The lowest BCUT2D eigenvalue weighted by Crippen LogP contribution is -2.47. The minimum atomic E-state index is -3.27. The molecule has 1 heterocycles. The summed E-state index contributed by atoms with van der Waals surface area (Å²) in [5, 5.41) is 0. The molecule has 0 saturated carbocycles. The summed E-state index contributed by atoms with van der Waals surface area (Å²) in [6.07, 6.45) is 2.20. The third kappa shape index (κ3) is 5.15. The van der Waals surface area contributed by atoms with Crippen LogP contribution in [0.1, 0.15) is 31.4 Å². The minimum Gasteiger partial charge on any atom is -0.292 e. The van der Waals surface area contributed by atoms with E-state index >= 15 is 0 Å². The quantitative estimate of drug-likeness (QED) is 0.802. The minimum absolute atomic E-state index is 0.0125. The van der Waals surface area contributed by atoms with Crippen LogP contribution in [0.4, 0.5) is 5.69 Å². The number of likely N-dealkylation sites (tertiary alicyclic amines) is 1. The van der Waals surface area contributed by atoms with Gasteiger partial charge in [-0.25, -0.2) is 8.42 Å². The lowest BCUT2D eigenvalue weighted by atomic mass is 9.68. The summed E-state index contributed by atoms with van der Waals surface area (Å²) in [6.45, 7) is 7.28. The van der Waals surface area contributed by atoms with Crippen LogP contribution in [-0.4, -0.2) is 39.2 Å². The number of rotatable bonds is 4. The SMILES string of the molecule is C[C@H]1CN(CC#Cc2ccccc2)CC[C@]1(C)c1cccc(NS(C)(=O)=O)c1. The van der Waals surface area contributed by atoms with Crippen LogP contribution in [0.2, 0.25) is 0 Å². The van der Waals surface area contributed by atoms with E-state index in [0.717, 1.165) is 31.6 Å². The third-order valence-electron chi connectivity index (χ3n) is 5.70. The van der Waals surface area contributed by atoms with Crippen molar-refractivity contribution in [3.8, 4) is 11.8 Å². The molecule has 0 aromatic heterocycles. The maximum Gasteiger partial charge on any atom is 0.229 e. The van der Waals surface area contributed by atoms with Crippen LogP contribution >= 0.6 is 0 Å². The third-order valence-corrected chi connectivity index (χ3v) is 6.31. The Bertz CT molecular complexity index is 976. The van der Waals surface area contributed by atoms with Gasteiger partial charge in [0.05, 0.1) is 12.8 Å². The first-order valence-corrected chi connectivity index (χ1v) is 11.5. The molecule has 1 aliphatic rings. The zero-order valence-corrected chi connectivity index (χ0v) is 17.6. The molecule has 28 heavy (non-hydrogen) atoms. The summed E-state index contributed by atoms with van der Waals surface area (Å²) in [5.74, 6) is 6.96. The number of hydrogen-bond donors (Lipinski definition) is 1. The Balaban J connectivity index is 1.67. The van der Waals surface area contributed by atoms with E-state index in [1.807, 2.05) is 42.5 Å². The summed E-state index contributed by atoms with van der Waals surface area (Å²) < 4.78 is 25.7. The molecule has 1 N–H and O–H groups in total. The van der Waals surface area contributed by atoms with E-state index in [9.17, 15) is 8.42 Å². The van der Waals surface area contributed by atoms with Crippen molar-refractivity contribution < 1.29 is 8.42 Å². The van der Waals surface area contributed by atoms with Crippen molar-refractivity contribution in [1.82, 2.24) is 4.90 Å². The average Bonchev–Trinajstić information content (AvgIpc) is 2.64. The molecule has 0 spiro atoms. The Hall–Kier alpha value is -2.29. The first-order chi connectivity index (χ1) is 13.3. The fraction of sp³-hybridized carbons (Fsp3) is 0.391. The van der Waals surface area contributed by atoms with E-state index in [4.69, 9.17) is 0 Å². The Morgan fingerprint density at radius 1 is 1.18 bits per heavy atom. The zero-order chi connectivity index (χ0) is 20.2. The fourth-order valence-electron chi connectivity index (χ4n) is 3.82. The molecule has 0 amide bonds. The number of benzene rings is 2. The highest BCUT2D eigenvalue weighted by Crippen LogP contribution is 2.40. The van der Waals surface area contributed by atoms with Crippen molar-refractivity contribution in [3.05, 3.63) is 65.7 Å². The Kier molecular flexibility index (Phi) is 6.12. The number of nitrogens with zero attached hydrogens (tertiary/aromatic N) is 1. The lowest BCUT2D eigenvalue weighted by Gasteiger charge is -2.44. The normalized spacial score (nSPS) is 22.9. The molecule has 1 saturated heterocycles. The van der Waals surface area contributed by atoms with Gasteiger partial charge in [0.2, 0.25) is 10.0 Å². The fourth-order valence-corrected chi connectivity index (χ4v) is 4.37. The Labute approximate surface area is 169 Å². The predicted octanol–water partition coefficient (Wildman–Crippen LogP) is 3.71. The molecular weight excluding hydrogens is 368 g/mol.